The first-order valence-corrected chi connectivity index (χ1v) is 5.55. The molecule has 76 valence electrons. The SMILES string of the molecule is Cc1ccc([C@H](C)NCC2CC2)cc1. The summed E-state index contributed by atoms with van der Waals surface area (Å²) in [7, 11) is 0. The van der Waals surface area contributed by atoms with Crippen molar-refractivity contribution < 1.29 is 0 Å². The summed E-state index contributed by atoms with van der Waals surface area (Å²) >= 11 is 0. The van der Waals surface area contributed by atoms with Crippen LogP contribution in [0.25, 0.3) is 0 Å². The van der Waals surface area contributed by atoms with Crippen LogP contribution >= 0.6 is 0 Å². The summed E-state index contributed by atoms with van der Waals surface area (Å²) < 4.78 is 0. The Hall–Kier alpha value is -0.820. The van der Waals surface area contributed by atoms with Crippen LogP contribution in [0.1, 0.15) is 36.9 Å². The summed E-state index contributed by atoms with van der Waals surface area (Å²) in [5, 5.41) is 3.58. The smallest absolute Gasteiger partial charge is 0.0291 e. The van der Waals surface area contributed by atoms with Crippen LogP contribution < -0.4 is 5.32 Å². The molecule has 0 heterocycles. The number of benzene rings is 1. The molecular formula is C13H19N. The zero-order chi connectivity index (χ0) is 9.97. The molecule has 0 bridgehead atoms. The molecule has 1 N–H and O–H groups in total. The lowest BCUT2D eigenvalue weighted by Gasteiger charge is -2.13. The molecule has 0 unspecified atom stereocenters. The van der Waals surface area contributed by atoms with Gasteiger partial charge in [-0.15, -0.1) is 0 Å². The molecule has 2 rings (SSSR count). The molecule has 1 fully saturated rings. The quantitative estimate of drug-likeness (QED) is 0.767. The van der Waals surface area contributed by atoms with E-state index in [0.29, 0.717) is 6.04 Å². The van der Waals surface area contributed by atoms with Crippen molar-refractivity contribution in [2.24, 2.45) is 5.92 Å². The van der Waals surface area contributed by atoms with Gasteiger partial charge in [0.25, 0.3) is 0 Å². The van der Waals surface area contributed by atoms with Crippen LogP contribution in [0.3, 0.4) is 0 Å². The Balaban J connectivity index is 1.88. The largest absolute Gasteiger partial charge is 0.310 e. The molecule has 0 amide bonds. The summed E-state index contributed by atoms with van der Waals surface area (Å²) in [6, 6.07) is 9.31. The van der Waals surface area contributed by atoms with E-state index < -0.39 is 0 Å². The Morgan fingerprint density at radius 2 is 1.93 bits per heavy atom. The standard InChI is InChI=1S/C13H19N/c1-10-3-7-13(8-4-10)11(2)14-9-12-5-6-12/h3-4,7-8,11-12,14H,5-6,9H2,1-2H3/t11-/m0/s1. The van der Waals surface area contributed by atoms with Gasteiger partial charge in [0.2, 0.25) is 0 Å². The fraction of sp³-hybridized carbons (Fsp3) is 0.538. The predicted octanol–water partition coefficient (Wildman–Crippen LogP) is 3.06. The maximum absolute atomic E-state index is 3.58. The van der Waals surface area contributed by atoms with E-state index >= 15 is 0 Å². The van der Waals surface area contributed by atoms with Gasteiger partial charge in [0.05, 0.1) is 0 Å². The Labute approximate surface area is 86.5 Å². The number of rotatable bonds is 4. The molecule has 1 aromatic rings. The Bertz CT molecular complexity index is 285. The van der Waals surface area contributed by atoms with Crippen molar-refractivity contribution in [2.45, 2.75) is 32.7 Å². The third kappa shape index (κ3) is 2.58. The van der Waals surface area contributed by atoms with Crippen molar-refractivity contribution in [2.75, 3.05) is 6.54 Å². The minimum atomic E-state index is 0.496. The maximum Gasteiger partial charge on any atom is 0.0291 e. The lowest BCUT2D eigenvalue weighted by atomic mass is 10.1. The van der Waals surface area contributed by atoms with Crippen LogP contribution in [-0.4, -0.2) is 6.54 Å². The van der Waals surface area contributed by atoms with E-state index in [1.807, 2.05) is 0 Å². The Morgan fingerprint density at radius 3 is 2.50 bits per heavy atom. The zero-order valence-corrected chi connectivity index (χ0v) is 9.09. The van der Waals surface area contributed by atoms with Gasteiger partial charge in [-0.05, 0) is 44.7 Å². The number of aryl methyl sites for hydroxylation is 1. The van der Waals surface area contributed by atoms with Gasteiger partial charge in [-0.25, -0.2) is 0 Å². The van der Waals surface area contributed by atoms with Crippen LogP contribution in [0.4, 0.5) is 0 Å². The van der Waals surface area contributed by atoms with Gasteiger partial charge in [0.15, 0.2) is 0 Å². The van der Waals surface area contributed by atoms with Crippen molar-refractivity contribution in [3.05, 3.63) is 35.4 Å². The summed E-state index contributed by atoms with van der Waals surface area (Å²) in [6.45, 7) is 5.56. The number of hydrogen-bond acceptors (Lipinski definition) is 1. The predicted molar refractivity (Wildman–Crippen MR) is 60.3 cm³/mol. The third-order valence-electron chi connectivity index (χ3n) is 2.99. The van der Waals surface area contributed by atoms with E-state index in [9.17, 15) is 0 Å². The first kappa shape index (κ1) is 9.72. The second kappa shape index (κ2) is 4.14. The lowest BCUT2D eigenvalue weighted by molar-refractivity contribution is 0.549. The van der Waals surface area contributed by atoms with E-state index in [-0.39, 0.29) is 0 Å². The Kier molecular flexibility index (Phi) is 2.87. The first-order valence-electron chi connectivity index (χ1n) is 5.55. The highest BCUT2D eigenvalue weighted by atomic mass is 14.9. The van der Waals surface area contributed by atoms with E-state index in [0.717, 1.165) is 5.92 Å². The summed E-state index contributed by atoms with van der Waals surface area (Å²) in [6.07, 6.45) is 2.85. The molecule has 1 aliphatic rings. The van der Waals surface area contributed by atoms with Crippen molar-refractivity contribution in [3.63, 3.8) is 0 Å². The molecule has 0 saturated heterocycles. The maximum atomic E-state index is 3.58. The molecule has 1 aliphatic carbocycles. The molecule has 0 aliphatic heterocycles. The van der Waals surface area contributed by atoms with Crippen LogP contribution in [0.2, 0.25) is 0 Å². The molecule has 1 atom stereocenters. The molecule has 0 spiro atoms. The van der Waals surface area contributed by atoms with Crippen molar-refractivity contribution in [1.82, 2.24) is 5.32 Å². The summed E-state index contributed by atoms with van der Waals surface area (Å²) in [5.41, 5.74) is 2.74. The fourth-order valence-electron chi connectivity index (χ4n) is 1.64. The van der Waals surface area contributed by atoms with Crippen molar-refractivity contribution in [1.29, 1.82) is 0 Å². The summed E-state index contributed by atoms with van der Waals surface area (Å²) in [5.74, 6) is 0.961. The van der Waals surface area contributed by atoms with E-state index in [2.05, 4.69) is 43.4 Å². The molecule has 1 aromatic carbocycles. The van der Waals surface area contributed by atoms with E-state index in [1.54, 1.807) is 0 Å². The van der Waals surface area contributed by atoms with Crippen LogP contribution in [0.5, 0.6) is 0 Å². The third-order valence-corrected chi connectivity index (χ3v) is 2.99. The highest BCUT2D eigenvalue weighted by Crippen LogP contribution is 2.28. The van der Waals surface area contributed by atoms with Crippen molar-refractivity contribution in [3.8, 4) is 0 Å². The normalized spacial score (nSPS) is 18.1. The van der Waals surface area contributed by atoms with Crippen LogP contribution in [0, 0.1) is 12.8 Å². The average molecular weight is 189 g/mol. The van der Waals surface area contributed by atoms with Gasteiger partial charge in [-0.3, -0.25) is 0 Å². The van der Waals surface area contributed by atoms with Crippen LogP contribution in [0.15, 0.2) is 24.3 Å². The van der Waals surface area contributed by atoms with E-state index in [1.165, 1.54) is 30.5 Å². The van der Waals surface area contributed by atoms with Crippen LogP contribution in [-0.2, 0) is 0 Å². The Morgan fingerprint density at radius 1 is 1.29 bits per heavy atom. The van der Waals surface area contributed by atoms with Gasteiger partial charge in [-0.2, -0.15) is 0 Å². The first-order chi connectivity index (χ1) is 6.75. The summed E-state index contributed by atoms with van der Waals surface area (Å²) in [4.78, 5) is 0. The lowest BCUT2D eigenvalue weighted by Crippen LogP contribution is -2.20. The second-order valence-electron chi connectivity index (χ2n) is 4.48. The molecule has 1 nitrogen and oxygen atoms in total. The van der Waals surface area contributed by atoms with Gasteiger partial charge < -0.3 is 5.32 Å². The van der Waals surface area contributed by atoms with E-state index in [4.69, 9.17) is 0 Å². The highest BCUT2D eigenvalue weighted by Gasteiger charge is 2.21. The van der Waals surface area contributed by atoms with Gasteiger partial charge >= 0.3 is 0 Å². The van der Waals surface area contributed by atoms with Gasteiger partial charge in [0.1, 0.15) is 0 Å². The molecular weight excluding hydrogens is 170 g/mol. The minimum absolute atomic E-state index is 0.496. The number of nitrogens with one attached hydrogen (secondary N) is 1. The monoisotopic (exact) mass is 189 g/mol. The average Bonchev–Trinajstić information content (AvgIpc) is 2.99. The molecule has 1 heteroatoms. The highest BCUT2D eigenvalue weighted by molar-refractivity contribution is 5.23. The van der Waals surface area contributed by atoms with Gasteiger partial charge in [0, 0.05) is 6.04 Å². The minimum Gasteiger partial charge on any atom is -0.310 e. The molecule has 0 aromatic heterocycles. The molecule has 0 radical (unpaired) electrons. The second-order valence-corrected chi connectivity index (χ2v) is 4.48. The van der Waals surface area contributed by atoms with Crippen molar-refractivity contribution >= 4 is 0 Å². The number of hydrogen-bond donors (Lipinski definition) is 1. The zero-order valence-electron chi connectivity index (χ0n) is 9.09. The topological polar surface area (TPSA) is 12.0 Å². The fourth-order valence-corrected chi connectivity index (χ4v) is 1.64. The van der Waals surface area contributed by atoms with Gasteiger partial charge in [-0.1, -0.05) is 29.8 Å². The molecule has 14 heavy (non-hydrogen) atoms. The molecule has 1 saturated carbocycles.